The van der Waals surface area contributed by atoms with Gasteiger partial charge < -0.3 is 10.1 Å². The summed E-state index contributed by atoms with van der Waals surface area (Å²) in [4.78, 5) is 25.5. The lowest BCUT2D eigenvalue weighted by atomic mass is 10.0. The lowest BCUT2D eigenvalue weighted by Crippen LogP contribution is -2.20. The van der Waals surface area contributed by atoms with Gasteiger partial charge >= 0.3 is 0 Å². The molecule has 3 rings (SSSR count). The van der Waals surface area contributed by atoms with Crippen LogP contribution < -0.4 is 10.1 Å². The van der Waals surface area contributed by atoms with Gasteiger partial charge in [-0.3, -0.25) is 9.59 Å². The minimum absolute atomic E-state index is 0.123. The van der Waals surface area contributed by atoms with Gasteiger partial charge in [0.05, 0.1) is 17.5 Å². The lowest BCUT2D eigenvalue weighted by molar-refractivity contribution is -0.118. The SMILES string of the molecule is N#CCSc1ccccc1NC(=O)COc1ccc(C(=O)c2ccc(Cl)cc2)cc1. The van der Waals surface area contributed by atoms with Crippen molar-refractivity contribution in [2.75, 3.05) is 17.7 Å². The maximum Gasteiger partial charge on any atom is 0.262 e. The quantitative estimate of drug-likeness (QED) is 0.387. The van der Waals surface area contributed by atoms with E-state index in [9.17, 15) is 9.59 Å². The first-order valence-corrected chi connectivity index (χ1v) is 10.3. The summed E-state index contributed by atoms with van der Waals surface area (Å²) in [5.41, 5.74) is 1.69. The number of nitriles is 1. The normalized spacial score (nSPS) is 10.1. The lowest BCUT2D eigenvalue weighted by Gasteiger charge is -2.11. The molecule has 0 aliphatic heterocycles. The smallest absolute Gasteiger partial charge is 0.262 e. The van der Waals surface area contributed by atoms with E-state index in [1.165, 1.54) is 11.8 Å². The fourth-order valence-electron chi connectivity index (χ4n) is 2.61. The third-order valence-electron chi connectivity index (χ3n) is 4.05. The standard InChI is InChI=1S/C23H17ClN2O3S/c24-18-9-5-16(6-10-18)23(28)17-7-11-19(12-8-17)29-15-22(27)26-20-3-1-2-4-21(20)30-14-13-25/h1-12H,14-15H2,(H,26,27). The number of nitrogens with zero attached hydrogens (tertiary/aromatic N) is 1. The highest BCUT2D eigenvalue weighted by molar-refractivity contribution is 7.99. The van der Waals surface area contributed by atoms with Crippen molar-refractivity contribution in [3.63, 3.8) is 0 Å². The average molecular weight is 437 g/mol. The van der Waals surface area contributed by atoms with E-state index in [2.05, 4.69) is 11.4 Å². The van der Waals surface area contributed by atoms with Gasteiger partial charge in [0, 0.05) is 21.0 Å². The van der Waals surface area contributed by atoms with Gasteiger partial charge in [-0.05, 0) is 60.7 Å². The largest absolute Gasteiger partial charge is 0.484 e. The van der Waals surface area contributed by atoms with Gasteiger partial charge in [-0.1, -0.05) is 23.7 Å². The molecule has 0 bridgehead atoms. The van der Waals surface area contributed by atoms with Gasteiger partial charge in [0.2, 0.25) is 0 Å². The molecular formula is C23H17ClN2O3S. The van der Waals surface area contributed by atoms with Crippen molar-refractivity contribution in [1.82, 2.24) is 0 Å². The Morgan fingerprint density at radius 1 is 0.967 bits per heavy atom. The molecule has 1 N–H and O–H groups in total. The van der Waals surface area contributed by atoms with Crippen molar-refractivity contribution >= 4 is 40.7 Å². The third-order valence-corrected chi connectivity index (χ3v) is 5.24. The predicted molar refractivity (Wildman–Crippen MR) is 118 cm³/mol. The van der Waals surface area contributed by atoms with Gasteiger partial charge in [-0.2, -0.15) is 5.26 Å². The van der Waals surface area contributed by atoms with Crippen LogP contribution in [0.1, 0.15) is 15.9 Å². The van der Waals surface area contributed by atoms with Crippen LogP contribution in [-0.2, 0) is 4.79 Å². The number of rotatable bonds is 8. The summed E-state index contributed by atoms with van der Waals surface area (Å²) in [6.07, 6.45) is 0. The van der Waals surface area contributed by atoms with Crippen LogP contribution >= 0.6 is 23.4 Å². The number of benzene rings is 3. The van der Waals surface area contributed by atoms with Crippen molar-refractivity contribution in [2.45, 2.75) is 4.90 Å². The van der Waals surface area contributed by atoms with Crippen LogP contribution in [0.4, 0.5) is 5.69 Å². The highest BCUT2D eigenvalue weighted by atomic mass is 35.5. The summed E-state index contributed by atoms with van der Waals surface area (Å²) in [7, 11) is 0. The molecule has 0 atom stereocenters. The summed E-state index contributed by atoms with van der Waals surface area (Å²) in [5, 5.41) is 12.1. The zero-order chi connectivity index (χ0) is 21.3. The second-order valence-electron chi connectivity index (χ2n) is 6.14. The maximum absolute atomic E-state index is 12.5. The van der Waals surface area contributed by atoms with Crippen LogP contribution in [0.3, 0.4) is 0 Å². The Morgan fingerprint density at radius 3 is 2.27 bits per heavy atom. The first-order valence-electron chi connectivity index (χ1n) is 8.98. The minimum Gasteiger partial charge on any atom is -0.484 e. The Labute approximate surface area is 183 Å². The zero-order valence-corrected chi connectivity index (χ0v) is 17.4. The van der Waals surface area contributed by atoms with E-state index >= 15 is 0 Å². The molecular weight excluding hydrogens is 420 g/mol. The predicted octanol–water partition coefficient (Wildman–Crippen LogP) is 5.20. The van der Waals surface area contributed by atoms with Crippen LogP contribution in [-0.4, -0.2) is 24.1 Å². The van der Waals surface area contributed by atoms with Crippen LogP contribution in [0.2, 0.25) is 5.02 Å². The first-order chi connectivity index (χ1) is 14.6. The number of hydrogen-bond acceptors (Lipinski definition) is 5. The van der Waals surface area contributed by atoms with Crippen molar-refractivity contribution in [2.24, 2.45) is 0 Å². The summed E-state index contributed by atoms with van der Waals surface area (Å²) in [5.74, 6) is 0.332. The van der Waals surface area contributed by atoms with E-state index < -0.39 is 0 Å². The minimum atomic E-state index is -0.318. The number of halogens is 1. The molecule has 0 aliphatic rings. The van der Waals surface area contributed by atoms with Crippen LogP contribution in [0, 0.1) is 11.3 Å². The highest BCUT2D eigenvalue weighted by Gasteiger charge is 2.11. The molecule has 0 fully saturated rings. The van der Waals surface area contributed by atoms with Gasteiger partial charge in [-0.25, -0.2) is 0 Å². The molecule has 0 unspecified atom stereocenters. The van der Waals surface area contributed by atoms with Crippen molar-refractivity contribution in [3.05, 3.63) is 88.9 Å². The second kappa shape index (κ2) is 10.5. The first kappa shape index (κ1) is 21.4. The maximum atomic E-state index is 12.5. The van der Waals surface area contributed by atoms with Crippen molar-refractivity contribution in [3.8, 4) is 11.8 Å². The number of amides is 1. The number of anilines is 1. The molecule has 0 heterocycles. The molecule has 0 saturated carbocycles. The molecule has 1 amide bonds. The Hall–Kier alpha value is -3.27. The fraction of sp³-hybridized carbons (Fsp3) is 0.0870. The monoisotopic (exact) mass is 436 g/mol. The highest BCUT2D eigenvalue weighted by Crippen LogP contribution is 2.26. The summed E-state index contributed by atoms with van der Waals surface area (Å²) >= 11 is 7.20. The molecule has 0 spiro atoms. The Kier molecular flexibility index (Phi) is 7.50. The molecule has 7 heteroatoms. The van der Waals surface area contributed by atoms with Crippen LogP contribution in [0.5, 0.6) is 5.75 Å². The van der Waals surface area contributed by atoms with Gasteiger partial charge in [0.1, 0.15) is 5.75 Å². The van der Waals surface area contributed by atoms with Crippen LogP contribution in [0.25, 0.3) is 0 Å². The summed E-state index contributed by atoms with van der Waals surface area (Å²) in [6, 6.07) is 22.6. The summed E-state index contributed by atoms with van der Waals surface area (Å²) < 4.78 is 5.52. The molecule has 5 nitrogen and oxygen atoms in total. The van der Waals surface area contributed by atoms with Gasteiger partial charge in [0.25, 0.3) is 5.91 Å². The number of thioether (sulfide) groups is 1. The molecule has 3 aromatic rings. The number of ether oxygens (including phenoxy) is 1. The fourth-order valence-corrected chi connectivity index (χ4v) is 3.41. The van der Waals surface area contributed by atoms with Gasteiger partial charge in [0.15, 0.2) is 12.4 Å². The Morgan fingerprint density at radius 2 is 1.60 bits per heavy atom. The van der Waals surface area contributed by atoms with E-state index in [4.69, 9.17) is 21.6 Å². The average Bonchev–Trinajstić information content (AvgIpc) is 2.77. The molecule has 0 radical (unpaired) electrons. The van der Waals surface area contributed by atoms with E-state index in [-0.39, 0.29) is 18.3 Å². The molecule has 150 valence electrons. The van der Waals surface area contributed by atoms with Gasteiger partial charge in [-0.15, -0.1) is 11.8 Å². The number of ketones is 1. The number of carbonyl (C=O) groups excluding carboxylic acids is 2. The van der Waals surface area contributed by atoms with Crippen LogP contribution in [0.15, 0.2) is 77.7 Å². The topological polar surface area (TPSA) is 79.2 Å². The van der Waals surface area contributed by atoms with E-state index in [0.717, 1.165) is 4.90 Å². The molecule has 0 saturated heterocycles. The summed E-state index contributed by atoms with van der Waals surface area (Å²) in [6.45, 7) is -0.179. The molecule has 0 aromatic heterocycles. The molecule has 3 aromatic carbocycles. The van der Waals surface area contributed by atoms with E-state index in [0.29, 0.717) is 33.3 Å². The van der Waals surface area contributed by atoms with Crippen molar-refractivity contribution < 1.29 is 14.3 Å². The molecule has 0 aliphatic carbocycles. The van der Waals surface area contributed by atoms with E-state index in [1.54, 1.807) is 54.6 Å². The number of carbonyl (C=O) groups is 2. The number of para-hydroxylation sites is 1. The number of nitrogens with one attached hydrogen (secondary N) is 1. The number of hydrogen-bond donors (Lipinski definition) is 1. The Balaban J connectivity index is 1.56. The second-order valence-corrected chi connectivity index (χ2v) is 7.59. The molecule has 30 heavy (non-hydrogen) atoms. The third kappa shape index (κ3) is 5.86. The van der Waals surface area contributed by atoms with E-state index in [1.807, 2.05) is 18.2 Å². The van der Waals surface area contributed by atoms with Crippen molar-refractivity contribution in [1.29, 1.82) is 5.26 Å². The zero-order valence-electron chi connectivity index (χ0n) is 15.8. The Bertz CT molecular complexity index is 1080.